The van der Waals surface area contributed by atoms with Gasteiger partial charge in [-0.2, -0.15) is 0 Å². The molecule has 0 saturated carbocycles. The highest BCUT2D eigenvalue weighted by atomic mass is 32.2. The zero-order valence-electron chi connectivity index (χ0n) is 15.7. The zero-order valence-corrected chi connectivity index (χ0v) is 17.3. The van der Waals surface area contributed by atoms with Crippen LogP contribution in [0.4, 0.5) is 5.69 Å². The van der Waals surface area contributed by atoms with Crippen molar-refractivity contribution < 1.29 is 21.6 Å². The van der Waals surface area contributed by atoms with Crippen molar-refractivity contribution in [1.82, 2.24) is 4.72 Å². The van der Waals surface area contributed by atoms with Crippen LogP contribution in [0, 0.1) is 6.92 Å². The topological polar surface area (TPSA) is 102 Å². The molecule has 9 heteroatoms. The van der Waals surface area contributed by atoms with E-state index in [-0.39, 0.29) is 28.1 Å². The fraction of sp³-hybridized carbons (Fsp3) is 0.333. The summed E-state index contributed by atoms with van der Waals surface area (Å²) in [5, 5.41) is 0. The Balaban J connectivity index is 2.33. The van der Waals surface area contributed by atoms with E-state index in [4.69, 9.17) is 4.74 Å². The minimum atomic E-state index is -3.77. The molecule has 0 radical (unpaired) electrons. The lowest BCUT2D eigenvalue weighted by Crippen LogP contribution is -2.30. The summed E-state index contributed by atoms with van der Waals surface area (Å²) in [4.78, 5) is -0.0509. The lowest BCUT2D eigenvalue weighted by atomic mass is 10.2. The molecule has 2 aromatic rings. The average molecular weight is 413 g/mol. The fourth-order valence-electron chi connectivity index (χ4n) is 2.42. The summed E-state index contributed by atoms with van der Waals surface area (Å²) in [7, 11) is -6.15. The molecule has 148 valence electrons. The summed E-state index contributed by atoms with van der Waals surface area (Å²) in [6.07, 6.45) is 0. The van der Waals surface area contributed by atoms with Crippen LogP contribution < -0.4 is 14.2 Å². The largest absolute Gasteiger partial charge is 0.495 e. The van der Waals surface area contributed by atoms with Crippen molar-refractivity contribution in [1.29, 1.82) is 0 Å². The van der Waals surface area contributed by atoms with Crippen LogP contribution >= 0.6 is 0 Å². The standard InChI is InChI=1S/C18H24N2O5S2/c1-13(2)19-27(23,24)16-9-10-18(25-4)17(11-16)20-26(21,22)12-15-7-5-14(3)6-8-15/h5-11,13,19-20H,12H2,1-4H3. The second kappa shape index (κ2) is 8.28. The Hall–Kier alpha value is -2.10. The molecule has 0 amide bonds. The SMILES string of the molecule is COc1ccc(S(=O)(=O)NC(C)C)cc1NS(=O)(=O)Cc1ccc(C)cc1. The predicted molar refractivity (Wildman–Crippen MR) is 106 cm³/mol. The number of hydrogen-bond donors (Lipinski definition) is 2. The lowest BCUT2D eigenvalue weighted by molar-refractivity contribution is 0.416. The van der Waals surface area contributed by atoms with Crippen molar-refractivity contribution in [2.24, 2.45) is 0 Å². The molecule has 0 unspecified atom stereocenters. The lowest BCUT2D eigenvalue weighted by Gasteiger charge is -2.15. The van der Waals surface area contributed by atoms with Crippen LogP contribution in [0.3, 0.4) is 0 Å². The van der Waals surface area contributed by atoms with Crippen molar-refractivity contribution in [3.8, 4) is 5.75 Å². The van der Waals surface area contributed by atoms with Gasteiger partial charge in [-0.1, -0.05) is 29.8 Å². The summed E-state index contributed by atoms with van der Waals surface area (Å²) in [6.45, 7) is 5.32. The molecule has 0 aromatic heterocycles. The third kappa shape index (κ3) is 5.95. The monoisotopic (exact) mass is 412 g/mol. The molecule has 0 heterocycles. The Bertz CT molecular complexity index is 999. The molecule has 0 aliphatic carbocycles. The van der Waals surface area contributed by atoms with Gasteiger partial charge in [0.15, 0.2) is 0 Å². The van der Waals surface area contributed by atoms with E-state index in [9.17, 15) is 16.8 Å². The predicted octanol–water partition coefficient (Wildman–Crippen LogP) is 2.63. The van der Waals surface area contributed by atoms with Crippen LogP contribution in [-0.2, 0) is 25.8 Å². The molecule has 27 heavy (non-hydrogen) atoms. The van der Waals surface area contributed by atoms with Crippen LogP contribution in [-0.4, -0.2) is 30.0 Å². The van der Waals surface area contributed by atoms with Gasteiger partial charge in [-0.05, 0) is 44.5 Å². The Morgan fingerprint density at radius 1 is 1.00 bits per heavy atom. The first kappa shape index (κ1) is 21.2. The molecule has 0 fully saturated rings. The van der Waals surface area contributed by atoms with Crippen LogP contribution in [0.25, 0.3) is 0 Å². The highest BCUT2D eigenvalue weighted by Crippen LogP contribution is 2.29. The molecule has 7 nitrogen and oxygen atoms in total. The Morgan fingerprint density at radius 2 is 1.63 bits per heavy atom. The highest BCUT2D eigenvalue weighted by molar-refractivity contribution is 7.92. The first-order valence-electron chi connectivity index (χ1n) is 8.29. The zero-order chi connectivity index (χ0) is 20.2. The van der Waals surface area contributed by atoms with Gasteiger partial charge in [0.05, 0.1) is 23.4 Å². The first-order chi connectivity index (χ1) is 12.5. The van der Waals surface area contributed by atoms with Gasteiger partial charge in [0, 0.05) is 6.04 Å². The number of anilines is 1. The molecule has 2 rings (SSSR count). The maximum absolute atomic E-state index is 12.5. The first-order valence-corrected chi connectivity index (χ1v) is 11.4. The maximum atomic E-state index is 12.5. The summed E-state index contributed by atoms with van der Waals surface area (Å²) >= 11 is 0. The quantitative estimate of drug-likeness (QED) is 0.694. The van der Waals surface area contributed by atoms with Crippen molar-refractivity contribution >= 4 is 25.7 Å². The van der Waals surface area contributed by atoms with E-state index < -0.39 is 20.0 Å². The number of hydrogen-bond acceptors (Lipinski definition) is 5. The Kier molecular flexibility index (Phi) is 6.50. The maximum Gasteiger partial charge on any atom is 0.240 e. The molecular weight excluding hydrogens is 388 g/mol. The van der Waals surface area contributed by atoms with Crippen molar-refractivity contribution in [3.63, 3.8) is 0 Å². The van der Waals surface area contributed by atoms with Crippen LogP contribution in [0.15, 0.2) is 47.4 Å². The number of ether oxygens (including phenoxy) is 1. The van der Waals surface area contributed by atoms with Crippen molar-refractivity contribution in [2.75, 3.05) is 11.8 Å². The molecule has 0 bridgehead atoms. The number of methoxy groups -OCH3 is 1. The molecule has 0 aliphatic rings. The molecular formula is C18H24N2O5S2. The van der Waals surface area contributed by atoms with E-state index >= 15 is 0 Å². The summed E-state index contributed by atoms with van der Waals surface area (Å²) in [5.74, 6) is -0.0107. The second-order valence-electron chi connectivity index (χ2n) is 6.48. The molecule has 2 N–H and O–H groups in total. The third-order valence-electron chi connectivity index (χ3n) is 3.61. The summed E-state index contributed by atoms with van der Waals surface area (Å²) in [6, 6.07) is 10.9. The van der Waals surface area contributed by atoms with Gasteiger partial charge in [0.25, 0.3) is 0 Å². The smallest absolute Gasteiger partial charge is 0.240 e. The number of nitrogens with one attached hydrogen (secondary N) is 2. The normalized spacial score (nSPS) is 12.2. The van der Waals surface area contributed by atoms with Gasteiger partial charge < -0.3 is 4.74 Å². The van der Waals surface area contributed by atoms with Crippen LogP contribution in [0.5, 0.6) is 5.75 Å². The second-order valence-corrected chi connectivity index (χ2v) is 9.92. The van der Waals surface area contributed by atoms with E-state index in [0.717, 1.165) is 5.56 Å². The fourth-order valence-corrected chi connectivity index (χ4v) is 4.89. The van der Waals surface area contributed by atoms with Crippen LogP contribution in [0.2, 0.25) is 0 Å². The number of rotatable bonds is 8. The van der Waals surface area contributed by atoms with Crippen molar-refractivity contribution in [2.45, 2.75) is 37.5 Å². The summed E-state index contributed by atoms with van der Waals surface area (Å²) in [5.41, 5.74) is 1.72. The molecule has 0 spiro atoms. The van der Waals surface area contributed by atoms with E-state index in [1.165, 1.54) is 25.3 Å². The van der Waals surface area contributed by atoms with Gasteiger partial charge in [-0.15, -0.1) is 0 Å². The summed E-state index contributed by atoms with van der Waals surface area (Å²) < 4.78 is 59.8. The Morgan fingerprint density at radius 3 is 2.19 bits per heavy atom. The van der Waals surface area contributed by atoms with E-state index in [2.05, 4.69) is 9.44 Å². The molecule has 2 aromatic carbocycles. The van der Waals surface area contributed by atoms with E-state index in [1.54, 1.807) is 26.0 Å². The minimum Gasteiger partial charge on any atom is -0.495 e. The van der Waals surface area contributed by atoms with Gasteiger partial charge in [-0.25, -0.2) is 21.6 Å². The van der Waals surface area contributed by atoms with E-state index in [1.807, 2.05) is 19.1 Å². The van der Waals surface area contributed by atoms with Crippen LogP contribution in [0.1, 0.15) is 25.0 Å². The Labute approximate surface area is 160 Å². The number of aryl methyl sites for hydroxylation is 1. The van der Waals surface area contributed by atoms with Gasteiger partial charge >= 0.3 is 0 Å². The van der Waals surface area contributed by atoms with E-state index in [0.29, 0.717) is 5.56 Å². The highest BCUT2D eigenvalue weighted by Gasteiger charge is 2.20. The minimum absolute atomic E-state index is 0.0509. The van der Waals surface area contributed by atoms with Gasteiger partial charge in [-0.3, -0.25) is 4.72 Å². The van der Waals surface area contributed by atoms with Gasteiger partial charge in [0.1, 0.15) is 5.75 Å². The average Bonchev–Trinajstić information content (AvgIpc) is 2.55. The molecule has 0 atom stereocenters. The molecule has 0 saturated heterocycles. The molecule has 0 aliphatic heterocycles. The van der Waals surface area contributed by atoms with Gasteiger partial charge in [0.2, 0.25) is 20.0 Å². The number of benzene rings is 2. The third-order valence-corrected chi connectivity index (χ3v) is 6.52. The van der Waals surface area contributed by atoms with Crippen molar-refractivity contribution in [3.05, 3.63) is 53.6 Å². The number of sulfonamides is 2.